The van der Waals surface area contributed by atoms with Crippen molar-refractivity contribution in [3.05, 3.63) is 48.5 Å². The van der Waals surface area contributed by atoms with Crippen molar-refractivity contribution in [1.29, 1.82) is 0 Å². The second-order valence-electron chi connectivity index (χ2n) is 3.68. The molecule has 0 saturated carbocycles. The van der Waals surface area contributed by atoms with E-state index in [1.54, 1.807) is 62.8 Å². The molecular formula is C15H18O7. The van der Waals surface area contributed by atoms with Crippen LogP contribution in [0.15, 0.2) is 48.5 Å². The van der Waals surface area contributed by atoms with E-state index in [9.17, 15) is 0 Å². The van der Waals surface area contributed by atoms with Crippen LogP contribution in [-0.4, -0.2) is 40.8 Å². The maximum Gasteiger partial charge on any atom is 0.503 e. The predicted octanol–water partition coefficient (Wildman–Crippen LogP) is 3.02. The molecule has 0 radical (unpaired) electrons. The van der Waals surface area contributed by atoms with Crippen LogP contribution in [-0.2, 0) is 0 Å². The van der Waals surface area contributed by atoms with Crippen LogP contribution in [0.25, 0.3) is 0 Å². The Bertz CT molecular complexity index is 485. The molecule has 0 aliphatic carbocycles. The molecule has 0 heterocycles. The number of phenolic OH excluding ortho intramolecular Hbond substituents is 2. The quantitative estimate of drug-likeness (QED) is 0.673. The van der Waals surface area contributed by atoms with Crippen molar-refractivity contribution in [2.75, 3.05) is 14.2 Å². The molecular weight excluding hydrogens is 292 g/mol. The highest BCUT2D eigenvalue weighted by atomic mass is 16.6. The van der Waals surface area contributed by atoms with Gasteiger partial charge in [0.1, 0.15) is 23.0 Å². The topological polar surface area (TPSA) is 116 Å². The number of hydrogen-bond acceptors (Lipinski definition) is 5. The van der Waals surface area contributed by atoms with Crippen LogP contribution in [0.2, 0.25) is 0 Å². The average molecular weight is 310 g/mol. The zero-order valence-corrected chi connectivity index (χ0v) is 12.1. The first kappa shape index (κ1) is 18.9. The highest BCUT2D eigenvalue weighted by Crippen LogP contribution is 2.15. The normalized spacial score (nSPS) is 8.45. The van der Waals surface area contributed by atoms with Gasteiger partial charge in [-0.15, -0.1) is 0 Å². The van der Waals surface area contributed by atoms with Crippen LogP contribution in [0, 0.1) is 0 Å². The van der Waals surface area contributed by atoms with Gasteiger partial charge in [0, 0.05) is 0 Å². The van der Waals surface area contributed by atoms with E-state index in [2.05, 4.69) is 0 Å². The largest absolute Gasteiger partial charge is 0.508 e. The third-order valence-electron chi connectivity index (χ3n) is 2.14. The summed E-state index contributed by atoms with van der Waals surface area (Å²) in [6.07, 6.45) is -1.83. The van der Waals surface area contributed by atoms with E-state index in [1.165, 1.54) is 0 Å². The molecule has 120 valence electrons. The van der Waals surface area contributed by atoms with Gasteiger partial charge in [-0.25, -0.2) is 4.79 Å². The van der Waals surface area contributed by atoms with Crippen LogP contribution >= 0.6 is 0 Å². The van der Waals surface area contributed by atoms with Crippen molar-refractivity contribution >= 4 is 6.16 Å². The standard InChI is InChI=1S/2C7H8O2.CH2O3/c2*1-9-7-4-2-6(8)3-5-7;2-1(3)4/h2*2-5,8H,1H3;(H2,2,3,4). The molecule has 0 saturated heterocycles. The molecule has 4 N–H and O–H groups in total. The Morgan fingerprint density at radius 1 is 0.727 bits per heavy atom. The number of hydrogen-bond donors (Lipinski definition) is 4. The summed E-state index contributed by atoms with van der Waals surface area (Å²) >= 11 is 0. The number of methoxy groups -OCH3 is 2. The molecule has 0 aromatic heterocycles. The van der Waals surface area contributed by atoms with Gasteiger partial charge in [-0.05, 0) is 48.5 Å². The number of carbonyl (C=O) groups is 1. The Morgan fingerprint density at radius 3 is 1.14 bits per heavy atom. The van der Waals surface area contributed by atoms with Gasteiger partial charge in [-0.1, -0.05) is 0 Å². The summed E-state index contributed by atoms with van der Waals surface area (Å²) in [5.41, 5.74) is 0. The van der Waals surface area contributed by atoms with Crippen molar-refractivity contribution in [3.8, 4) is 23.0 Å². The number of benzene rings is 2. The lowest BCUT2D eigenvalue weighted by Gasteiger charge is -1.96. The molecule has 0 aliphatic heterocycles. The Balaban J connectivity index is 0.000000326. The lowest BCUT2D eigenvalue weighted by molar-refractivity contribution is 0.137. The molecule has 0 unspecified atom stereocenters. The van der Waals surface area contributed by atoms with Gasteiger partial charge in [0.05, 0.1) is 14.2 Å². The van der Waals surface area contributed by atoms with Crippen molar-refractivity contribution in [3.63, 3.8) is 0 Å². The first-order valence-corrected chi connectivity index (χ1v) is 5.97. The fourth-order valence-electron chi connectivity index (χ4n) is 1.16. The first-order valence-electron chi connectivity index (χ1n) is 5.97. The summed E-state index contributed by atoms with van der Waals surface area (Å²) in [4.78, 5) is 8.56. The molecule has 7 heteroatoms. The average Bonchev–Trinajstić information content (AvgIpc) is 2.49. The maximum absolute atomic E-state index is 8.80. The smallest absolute Gasteiger partial charge is 0.503 e. The summed E-state index contributed by atoms with van der Waals surface area (Å²) in [7, 11) is 3.18. The number of carboxylic acid groups (broad SMARTS) is 2. The fraction of sp³-hybridized carbons (Fsp3) is 0.133. The minimum Gasteiger partial charge on any atom is -0.508 e. The van der Waals surface area contributed by atoms with Crippen molar-refractivity contribution in [2.24, 2.45) is 0 Å². The highest BCUT2D eigenvalue weighted by molar-refractivity contribution is 5.53. The SMILES string of the molecule is COc1ccc(O)cc1.COc1ccc(O)cc1.O=C(O)O. The van der Waals surface area contributed by atoms with Crippen LogP contribution in [0.1, 0.15) is 0 Å². The minimum absolute atomic E-state index is 0.260. The minimum atomic E-state index is -1.83. The summed E-state index contributed by atoms with van der Waals surface area (Å²) in [6.45, 7) is 0. The van der Waals surface area contributed by atoms with E-state index in [0.29, 0.717) is 0 Å². The molecule has 2 rings (SSSR count). The summed E-state index contributed by atoms with van der Waals surface area (Å²) in [5, 5.41) is 31.5. The molecule has 0 fully saturated rings. The Hall–Kier alpha value is -3.09. The number of phenols is 2. The third kappa shape index (κ3) is 9.79. The highest BCUT2D eigenvalue weighted by Gasteiger charge is 1.88. The van der Waals surface area contributed by atoms with Crippen molar-refractivity contribution in [1.82, 2.24) is 0 Å². The van der Waals surface area contributed by atoms with Crippen molar-refractivity contribution < 1.29 is 34.7 Å². The van der Waals surface area contributed by atoms with Gasteiger partial charge in [0.15, 0.2) is 0 Å². The monoisotopic (exact) mass is 310 g/mol. The van der Waals surface area contributed by atoms with E-state index in [0.717, 1.165) is 11.5 Å². The van der Waals surface area contributed by atoms with Gasteiger partial charge < -0.3 is 29.9 Å². The van der Waals surface area contributed by atoms with Gasteiger partial charge in [-0.2, -0.15) is 0 Å². The van der Waals surface area contributed by atoms with E-state index in [4.69, 9.17) is 34.7 Å². The molecule has 0 bridgehead atoms. The van der Waals surface area contributed by atoms with Gasteiger partial charge in [0.25, 0.3) is 0 Å². The lowest BCUT2D eigenvalue weighted by Crippen LogP contribution is -1.81. The number of rotatable bonds is 2. The maximum atomic E-state index is 8.80. The summed E-state index contributed by atoms with van der Waals surface area (Å²) in [5.74, 6) is 2.03. The van der Waals surface area contributed by atoms with Gasteiger partial charge >= 0.3 is 6.16 Å². The second kappa shape index (κ2) is 10.7. The summed E-state index contributed by atoms with van der Waals surface area (Å²) < 4.78 is 9.72. The molecule has 2 aromatic rings. The Kier molecular flexibility index (Phi) is 9.17. The van der Waals surface area contributed by atoms with Crippen LogP contribution < -0.4 is 9.47 Å². The molecule has 0 atom stereocenters. The van der Waals surface area contributed by atoms with Crippen molar-refractivity contribution in [2.45, 2.75) is 0 Å². The molecule has 2 aromatic carbocycles. The molecule has 0 aliphatic rings. The van der Waals surface area contributed by atoms with Gasteiger partial charge in [0.2, 0.25) is 0 Å². The number of ether oxygens (including phenoxy) is 2. The van der Waals surface area contributed by atoms with E-state index < -0.39 is 6.16 Å². The summed E-state index contributed by atoms with van der Waals surface area (Å²) in [6, 6.07) is 13.1. The molecule has 0 spiro atoms. The third-order valence-corrected chi connectivity index (χ3v) is 2.14. The lowest BCUT2D eigenvalue weighted by atomic mass is 10.3. The molecule has 22 heavy (non-hydrogen) atoms. The van der Waals surface area contributed by atoms with Crippen LogP contribution in [0.3, 0.4) is 0 Å². The predicted molar refractivity (Wildman–Crippen MR) is 80.0 cm³/mol. The van der Waals surface area contributed by atoms with Gasteiger partial charge in [-0.3, -0.25) is 0 Å². The van der Waals surface area contributed by atoms with E-state index in [1.807, 2.05) is 0 Å². The Morgan fingerprint density at radius 2 is 0.955 bits per heavy atom. The second-order valence-corrected chi connectivity index (χ2v) is 3.68. The fourth-order valence-corrected chi connectivity index (χ4v) is 1.16. The van der Waals surface area contributed by atoms with Crippen LogP contribution in [0.4, 0.5) is 4.79 Å². The molecule has 0 amide bonds. The van der Waals surface area contributed by atoms with E-state index in [-0.39, 0.29) is 11.5 Å². The van der Waals surface area contributed by atoms with Crippen LogP contribution in [0.5, 0.6) is 23.0 Å². The zero-order chi connectivity index (χ0) is 17.0. The molecule has 7 nitrogen and oxygen atoms in total. The Labute approximate surface area is 127 Å². The zero-order valence-electron chi connectivity index (χ0n) is 12.1. The first-order chi connectivity index (χ1) is 10.4. The number of aromatic hydroxyl groups is 2. The van der Waals surface area contributed by atoms with E-state index >= 15 is 0 Å².